The third-order valence-corrected chi connectivity index (χ3v) is 3.87. The summed E-state index contributed by atoms with van der Waals surface area (Å²) in [6, 6.07) is 6.13. The molecular formula is C15H15NO2. The second kappa shape index (κ2) is 4.09. The first kappa shape index (κ1) is 11.2. The van der Waals surface area contributed by atoms with Crippen LogP contribution in [0.4, 0.5) is 0 Å². The van der Waals surface area contributed by atoms with Gasteiger partial charge < -0.3 is 0 Å². The fraction of sp³-hybridized carbons (Fsp3) is 0.333. The minimum atomic E-state index is -0.181. The van der Waals surface area contributed by atoms with E-state index in [-0.39, 0.29) is 17.9 Å². The van der Waals surface area contributed by atoms with Crippen molar-refractivity contribution in [2.75, 3.05) is 0 Å². The number of nitrogens with zero attached hydrogens (tertiary/aromatic N) is 1. The van der Waals surface area contributed by atoms with Crippen LogP contribution in [0.2, 0.25) is 0 Å². The monoisotopic (exact) mass is 241 g/mol. The molecule has 92 valence electrons. The maximum atomic E-state index is 11.8. The van der Waals surface area contributed by atoms with Gasteiger partial charge in [-0.1, -0.05) is 25.1 Å². The van der Waals surface area contributed by atoms with Crippen molar-refractivity contribution in [2.24, 2.45) is 0 Å². The van der Waals surface area contributed by atoms with Crippen molar-refractivity contribution in [1.29, 1.82) is 0 Å². The Hall–Kier alpha value is -1.90. The lowest BCUT2D eigenvalue weighted by atomic mass is 10.0. The average molecular weight is 241 g/mol. The van der Waals surface area contributed by atoms with Crippen molar-refractivity contribution in [3.05, 3.63) is 47.0 Å². The van der Waals surface area contributed by atoms with Gasteiger partial charge in [-0.2, -0.15) is 0 Å². The van der Waals surface area contributed by atoms with Crippen LogP contribution in [0.3, 0.4) is 0 Å². The number of aryl methyl sites for hydroxylation is 1. The van der Waals surface area contributed by atoms with E-state index in [2.05, 4.69) is 13.0 Å². The van der Waals surface area contributed by atoms with E-state index < -0.39 is 0 Å². The van der Waals surface area contributed by atoms with E-state index in [9.17, 15) is 9.59 Å². The lowest BCUT2D eigenvalue weighted by Crippen LogP contribution is -2.33. The third kappa shape index (κ3) is 1.50. The van der Waals surface area contributed by atoms with Crippen LogP contribution < -0.4 is 0 Å². The largest absolute Gasteiger partial charge is 0.269 e. The van der Waals surface area contributed by atoms with Crippen molar-refractivity contribution in [1.82, 2.24) is 4.90 Å². The zero-order chi connectivity index (χ0) is 12.7. The zero-order valence-electron chi connectivity index (χ0n) is 10.3. The Balaban J connectivity index is 2.01. The smallest absolute Gasteiger partial charge is 0.254 e. The molecule has 2 amide bonds. The van der Waals surface area contributed by atoms with Crippen molar-refractivity contribution in [3.8, 4) is 0 Å². The number of benzene rings is 1. The summed E-state index contributed by atoms with van der Waals surface area (Å²) >= 11 is 0. The number of fused-ring (bicyclic) bond motifs is 1. The van der Waals surface area contributed by atoms with E-state index in [1.54, 1.807) is 0 Å². The number of hydrogen-bond acceptors (Lipinski definition) is 2. The lowest BCUT2D eigenvalue weighted by Gasteiger charge is -2.23. The standard InChI is InChI=1S/C15H15NO2/c1-2-10-4-3-5-12-11(10)6-7-13(12)16-14(17)8-9-15(16)18/h3-5,8-9,13H,2,6-7H2,1H3/t13-/m0/s1. The van der Waals surface area contributed by atoms with Crippen LogP contribution >= 0.6 is 0 Å². The first-order valence-corrected chi connectivity index (χ1v) is 6.38. The van der Waals surface area contributed by atoms with Crippen LogP contribution in [0.15, 0.2) is 30.4 Å². The Morgan fingerprint density at radius 2 is 1.94 bits per heavy atom. The highest BCUT2D eigenvalue weighted by molar-refractivity contribution is 6.13. The Kier molecular flexibility index (Phi) is 2.54. The minimum Gasteiger partial charge on any atom is -0.269 e. The van der Waals surface area contributed by atoms with Crippen LogP contribution in [-0.2, 0) is 22.4 Å². The number of imide groups is 1. The Bertz CT molecular complexity index is 542. The molecule has 2 aliphatic rings. The number of hydrogen-bond donors (Lipinski definition) is 0. The summed E-state index contributed by atoms with van der Waals surface area (Å²) in [4.78, 5) is 24.9. The molecule has 18 heavy (non-hydrogen) atoms. The van der Waals surface area contributed by atoms with Crippen LogP contribution in [0.25, 0.3) is 0 Å². The summed E-state index contributed by atoms with van der Waals surface area (Å²) in [6.45, 7) is 2.14. The quantitative estimate of drug-likeness (QED) is 0.744. The predicted octanol–water partition coefficient (Wildman–Crippen LogP) is 2.16. The first-order chi connectivity index (χ1) is 8.72. The molecule has 0 spiro atoms. The van der Waals surface area contributed by atoms with Crippen molar-refractivity contribution in [3.63, 3.8) is 0 Å². The summed E-state index contributed by atoms with van der Waals surface area (Å²) < 4.78 is 0. The summed E-state index contributed by atoms with van der Waals surface area (Å²) in [5, 5.41) is 0. The molecule has 1 aliphatic heterocycles. The highest BCUT2D eigenvalue weighted by Crippen LogP contribution is 2.38. The topological polar surface area (TPSA) is 37.4 Å². The molecule has 3 rings (SSSR count). The second-order valence-corrected chi connectivity index (χ2v) is 4.77. The van der Waals surface area contributed by atoms with Gasteiger partial charge in [-0.25, -0.2) is 0 Å². The maximum absolute atomic E-state index is 11.8. The zero-order valence-corrected chi connectivity index (χ0v) is 10.3. The Morgan fingerprint density at radius 1 is 1.22 bits per heavy atom. The number of rotatable bonds is 2. The van der Waals surface area contributed by atoms with E-state index >= 15 is 0 Å². The molecular weight excluding hydrogens is 226 g/mol. The maximum Gasteiger partial charge on any atom is 0.254 e. The molecule has 0 N–H and O–H groups in total. The van der Waals surface area contributed by atoms with Gasteiger partial charge in [0.25, 0.3) is 11.8 Å². The molecule has 0 saturated carbocycles. The highest BCUT2D eigenvalue weighted by atomic mass is 16.2. The molecule has 0 aromatic heterocycles. The molecule has 1 aliphatic carbocycles. The molecule has 0 saturated heterocycles. The number of amides is 2. The highest BCUT2D eigenvalue weighted by Gasteiger charge is 2.36. The predicted molar refractivity (Wildman–Crippen MR) is 67.9 cm³/mol. The summed E-state index contributed by atoms with van der Waals surface area (Å²) in [5.74, 6) is -0.362. The molecule has 3 heteroatoms. The van der Waals surface area contributed by atoms with Crippen molar-refractivity contribution >= 4 is 11.8 Å². The van der Waals surface area contributed by atoms with Gasteiger partial charge in [0, 0.05) is 12.2 Å². The summed E-state index contributed by atoms with van der Waals surface area (Å²) in [5.41, 5.74) is 3.82. The lowest BCUT2D eigenvalue weighted by molar-refractivity contribution is -0.139. The number of carbonyl (C=O) groups excluding carboxylic acids is 2. The Morgan fingerprint density at radius 3 is 2.61 bits per heavy atom. The molecule has 1 aromatic carbocycles. The molecule has 1 heterocycles. The second-order valence-electron chi connectivity index (χ2n) is 4.77. The molecule has 0 radical (unpaired) electrons. The SMILES string of the molecule is CCc1cccc2c1CC[C@@H]2N1C(=O)C=CC1=O. The molecule has 0 unspecified atom stereocenters. The Labute approximate surface area is 106 Å². The van der Waals surface area contributed by atoms with Gasteiger partial charge in [-0.3, -0.25) is 14.5 Å². The molecule has 0 bridgehead atoms. The van der Waals surface area contributed by atoms with Crippen LogP contribution in [-0.4, -0.2) is 16.7 Å². The normalized spacial score (nSPS) is 21.8. The van der Waals surface area contributed by atoms with E-state index in [1.807, 2.05) is 12.1 Å². The van der Waals surface area contributed by atoms with Gasteiger partial charge >= 0.3 is 0 Å². The fourth-order valence-corrected chi connectivity index (χ4v) is 3.03. The van der Waals surface area contributed by atoms with E-state index in [0.717, 1.165) is 24.8 Å². The van der Waals surface area contributed by atoms with Crippen molar-refractivity contribution < 1.29 is 9.59 Å². The minimum absolute atomic E-state index is 0.0681. The first-order valence-electron chi connectivity index (χ1n) is 6.38. The fourth-order valence-electron chi connectivity index (χ4n) is 3.03. The summed E-state index contributed by atoms with van der Waals surface area (Å²) in [7, 11) is 0. The molecule has 3 nitrogen and oxygen atoms in total. The third-order valence-electron chi connectivity index (χ3n) is 3.87. The van der Waals surface area contributed by atoms with E-state index in [4.69, 9.17) is 0 Å². The van der Waals surface area contributed by atoms with Gasteiger partial charge in [0.2, 0.25) is 0 Å². The molecule has 1 atom stereocenters. The van der Waals surface area contributed by atoms with Gasteiger partial charge in [-0.15, -0.1) is 0 Å². The van der Waals surface area contributed by atoms with Gasteiger partial charge in [0.15, 0.2) is 0 Å². The number of carbonyl (C=O) groups is 2. The van der Waals surface area contributed by atoms with Gasteiger partial charge in [0.05, 0.1) is 6.04 Å². The summed E-state index contributed by atoms with van der Waals surface area (Å²) in [6.07, 6.45) is 5.54. The van der Waals surface area contributed by atoms with E-state index in [1.165, 1.54) is 28.2 Å². The van der Waals surface area contributed by atoms with Crippen molar-refractivity contribution in [2.45, 2.75) is 32.2 Å². The van der Waals surface area contributed by atoms with Crippen LogP contribution in [0.5, 0.6) is 0 Å². The van der Waals surface area contributed by atoms with E-state index in [0.29, 0.717) is 0 Å². The van der Waals surface area contributed by atoms with Gasteiger partial charge in [0.1, 0.15) is 0 Å². The molecule has 0 fully saturated rings. The van der Waals surface area contributed by atoms with Gasteiger partial charge in [-0.05, 0) is 36.0 Å². The average Bonchev–Trinajstić information content (AvgIpc) is 2.93. The van der Waals surface area contributed by atoms with Crippen LogP contribution in [0.1, 0.15) is 36.1 Å². The van der Waals surface area contributed by atoms with Crippen LogP contribution in [0, 0.1) is 0 Å². The molecule has 1 aromatic rings.